The highest BCUT2D eigenvalue weighted by Gasteiger charge is 2.25. The van der Waals surface area contributed by atoms with Crippen LogP contribution in [0.15, 0.2) is 4.79 Å². The van der Waals surface area contributed by atoms with Crippen LogP contribution >= 0.6 is 0 Å². The van der Waals surface area contributed by atoms with E-state index in [1.54, 1.807) is 6.92 Å². The van der Waals surface area contributed by atoms with Gasteiger partial charge in [0.1, 0.15) is 5.69 Å². The topological polar surface area (TPSA) is 92.3 Å². The Morgan fingerprint density at radius 3 is 2.83 bits per heavy atom. The molecule has 1 aromatic rings. The maximum atomic E-state index is 11.6. The van der Waals surface area contributed by atoms with Gasteiger partial charge in [0.15, 0.2) is 11.3 Å². The first kappa shape index (κ1) is 12.6. The standard InChI is InChI=1S/C12H16N2O4/c1-2-18-12(17)9-10(15)8(13-14-11(9)16)6-7-4-3-5-7/h7H,2-6H2,1H3,(H2,14,15,16). The van der Waals surface area contributed by atoms with Crippen LogP contribution in [0.4, 0.5) is 0 Å². The maximum absolute atomic E-state index is 11.6. The fraction of sp³-hybridized carbons (Fsp3) is 0.583. The summed E-state index contributed by atoms with van der Waals surface area (Å²) >= 11 is 0. The second kappa shape index (κ2) is 5.20. The lowest BCUT2D eigenvalue weighted by molar-refractivity contribution is 0.0520. The predicted molar refractivity (Wildman–Crippen MR) is 63.5 cm³/mol. The molecule has 1 heterocycles. The average Bonchev–Trinajstić information content (AvgIpc) is 2.26. The third kappa shape index (κ3) is 2.37. The van der Waals surface area contributed by atoms with Crippen LogP contribution in [0.25, 0.3) is 0 Å². The Balaban J connectivity index is 2.29. The fourth-order valence-corrected chi connectivity index (χ4v) is 1.98. The molecule has 6 heteroatoms. The van der Waals surface area contributed by atoms with E-state index in [4.69, 9.17) is 4.74 Å². The smallest absolute Gasteiger partial charge is 0.347 e. The summed E-state index contributed by atoms with van der Waals surface area (Å²) in [4.78, 5) is 23.1. The van der Waals surface area contributed by atoms with Crippen LogP contribution in [0.3, 0.4) is 0 Å². The number of carbonyl (C=O) groups excluding carboxylic acids is 1. The molecule has 0 aliphatic heterocycles. The van der Waals surface area contributed by atoms with Crippen molar-refractivity contribution in [1.82, 2.24) is 10.2 Å². The van der Waals surface area contributed by atoms with E-state index >= 15 is 0 Å². The first-order valence-electron chi connectivity index (χ1n) is 6.11. The summed E-state index contributed by atoms with van der Waals surface area (Å²) in [5, 5.41) is 16.0. The van der Waals surface area contributed by atoms with Crippen molar-refractivity contribution in [2.24, 2.45) is 5.92 Å². The van der Waals surface area contributed by atoms with Crippen LogP contribution in [0.5, 0.6) is 5.75 Å². The summed E-state index contributed by atoms with van der Waals surface area (Å²) in [5.74, 6) is -0.679. The summed E-state index contributed by atoms with van der Waals surface area (Å²) < 4.78 is 4.74. The third-order valence-corrected chi connectivity index (χ3v) is 3.22. The van der Waals surface area contributed by atoms with E-state index in [-0.39, 0.29) is 17.9 Å². The number of aromatic amines is 1. The lowest BCUT2D eigenvalue weighted by Crippen LogP contribution is -2.24. The second-order valence-corrected chi connectivity index (χ2v) is 4.44. The normalized spacial score (nSPS) is 15.2. The first-order chi connectivity index (χ1) is 8.63. The molecule has 1 aromatic heterocycles. The van der Waals surface area contributed by atoms with Gasteiger partial charge in [-0.2, -0.15) is 5.10 Å². The van der Waals surface area contributed by atoms with E-state index in [1.165, 1.54) is 6.42 Å². The molecule has 2 N–H and O–H groups in total. The van der Waals surface area contributed by atoms with E-state index < -0.39 is 11.5 Å². The number of nitrogens with zero attached hydrogens (tertiary/aromatic N) is 1. The molecule has 1 fully saturated rings. The van der Waals surface area contributed by atoms with E-state index in [0.29, 0.717) is 18.0 Å². The van der Waals surface area contributed by atoms with E-state index in [9.17, 15) is 14.7 Å². The Bertz CT molecular complexity index is 505. The quantitative estimate of drug-likeness (QED) is 0.780. The van der Waals surface area contributed by atoms with Crippen LogP contribution < -0.4 is 5.56 Å². The Labute approximate surface area is 104 Å². The van der Waals surface area contributed by atoms with Crippen LogP contribution in [0.1, 0.15) is 42.2 Å². The van der Waals surface area contributed by atoms with Crippen LogP contribution in [0, 0.1) is 5.92 Å². The molecule has 18 heavy (non-hydrogen) atoms. The van der Waals surface area contributed by atoms with Gasteiger partial charge in [0.25, 0.3) is 5.56 Å². The average molecular weight is 252 g/mol. The lowest BCUT2D eigenvalue weighted by Gasteiger charge is -2.24. The summed E-state index contributed by atoms with van der Waals surface area (Å²) in [6.07, 6.45) is 3.94. The largest absolute Gasteiger partial charge is 0.505 e. The van der Waals surface area contributed by atoms with Gasteiger partial charge in [0.2, 0.25) is 0 Å². The molecule has 1 aliphatic rings. The molecule has 0 bridgehead atoms. The third-order valence-electron chi connectivity index (χ3n) is 3.22. The SMILES string of the molecule is CCOC(=O)c1c(O)c(CC2CCC2)n[nH]c1=O. The van der Waals surface area contributed by atoms with Gasteiger partial charge in [-0.25, -0.2) is 9.89 Å². The molecular weight excluding hydrogens is 236 g/mol. The molecule has 0 unspecified atom stereocenters. The molecule has 98 valence electrons. The molecule has 1 saturated carbocycles. The van der Waals surface area contributed by atoms with Gasteiger partial charge >= 0.3 is 5.97 Å². The maximum Gasteiger partial charge on any atom is 0.347 e. The number of esters is 1. The highest BCUT2D eigenvalue weighted by atomic mass is 16.5. The van der Waals surface area contributed by atoms with Crippen molar-refractivity contribution in [1.29, 1.82) is 0 Å². The monoisotopic (exact) mass is 252 g/mol. The number of ether oxygens (including phenoxy) is 1. The second-order valence-electron chi connectivity index (χ2n) is 4.44. The van der Waals surface area contributed by atoms with Gasteiger partial charge in [-0.05, 0) is 19.3 Å². The predicted octanol–water partition coefficient (Wildman–Crippen LogP) is 0.995. The summed E-state index contributed by atoms with van der Waals surface area (Å²) in [5.41, 5.74) is -0.702. The number of nitrogens with one attached hydrogen (secondary N) is 1. The van der Waals surface area contributed by atoms with Gasteiger partial charge in [-0.1, -0.05) is 19.3 Å². The van der Waals surface area contributed by atoms with Crippen molar-refractivity contribution >= 4 is 5.97 Å². The lowest BCUT2D eigenvalue weighted by atomic mass is 9.82. The van der Waals surface area contributed by atoms with Gasteiger partial charge in [-0.15, -0.1) is 0 Å². The molecule has 1 aliphatic carbocycles. The fourth-order valence-electron chi connectivity index (χ4n) is 1.98. The van der Waals surface area contributed by atoms with Crippen molar-refractivity contribution in [3.05, 3.63) is 21.6 Å². The molecule has 0 atom stereocenters. The molecule has 0 radical (unpaired) electrons. The van der Waals surface area contributed by atoms with Crippen molar-refractivity contribution in [2.75, 3.05) is 6.61 Å². The first-order valence-corrected chi connectivity index (χ1v) is 6.11. The number of hydrogen-bond acceptors (Lipinski definition) is 5. The van der Waals surface area contributed by atoms with Gasteiger partial charge < -0.3 is 9.84 Å². The van der Waals surface area contributed by atoms with E-state index in [1.807, 2.05) is 0 Å². The Morgan fingerprint density at radius 1 is 1.56 bits per heavy atom. The molecule has 6 nitrogen and oxygen atoms in total. The highest BCUT2D eigenvalue weighted by molar-refractivity contribution is 5.92. The van der Waals surface area contributed by atoms with Gasteiger partial charge in [0.05, 0.1) is 6.61 Å². The summed E-state index contributed by atoms with van der Waals surface area (Å²) in [6, 6.07) is 0. The minimum atomic E-state index is -0.812. The van der Waals surface area contributed by atoms with Crippen LogP contribution in [-0.2, 0) is 11.2 Å². The molecular formula is C12H16N2O4. The van der Waals surface area contributed by atoms with Crippen molar-refractivity contribution in [3.63, 3.8) is 0 Å². The van der Waals surface area contributed by atoms with Crippen molar-refractivity contribution in [2.45, 2.75) is 32.6 Å². The molecule has 0 aromatic carbocycles. The van der Waals surface area contributed by atoms with Gasteiger partial charge in [-0.3, -0.25) is 4.79 Å². The minimum Gasteiger partial charge on any atom is -0.505 e. The number of aromatic hydroxyl groups is 1. The number of hydrogen-bond donors (Lipinski definition) is 2. The van der Waals surface area contributed by atoms with Crippen molar-refractivity contribution in [3.8, 4) is 5.75 Å². The van der Waals surface area contributed by atoms with Crippen molar-refractivity contribution < 1.29 is 14.6 Å². The van der Waals surface area contributed by atoms with E-state index in [0.717, 1.165) is 12.8 Å². The zero-order valence-corrected chi connectivity index (χ0v) is 10.2. The highest BCUT2D eigenvalue weighted by Crippen LogP contribution is 2.31. The van der Waals surface area contributed by atoms with E-state index in [2.05, 4.69) is 10.2 Å². The molecule has 0 amide bonds. The summed E-state index contributed by atoms with van der Waals surface area (Å²) in [6.45, 7) is 1.79. The summed E-state index contributed by atoms with van der Waals surface area (Å²) in [7, 11) is 0. The molecule has 0 saturated heterocycles. The number of H-pyrrole nitrogens is 1. The zero-order valence-electron chi connectivity index (χ0n) is 10.2. The Morgan fingerprint density at radius 2 is 2.28 bits per heavy atom. The number of rotatable bonds is 4. The Hall–Kier alpha value is -1.85. The number of aromatic nitrogens is 2. The van der Waals surface area contributed by atoms with Gasteiger partial charge in [0, 0.05) is 0 Å². The van der Waals surface area contributed by atoms with Crippen LogP contribution in [-0.4, -0.2) is 27.9 Å². The Kier molecular flexibility index (Phi) is 3.64. The number of carbonyl (C=O) groups is 1. The molecule has 2 rings (SSSR count). The zero-order chi connectivity index (χ0) is 13.1. The van der Waals surface area contributed by atoms with Crippen LogP contribution in [0.2, 0.25) is 0 Å². The minimum absolute atomic E-state index is 0.151. The molecule has 0 spiro atoms.